The molecule has 5 nitrogen and oxygen atoms in total. The second kappa shape index (κ2) is 4.64. The molecule has 0 saturated carbocycles. The Labute approximate surface area is 114 Å². The number of alkyl halides is 1. The van der Waals surface area contributed by atoms with Crippen molar-refractivity contribution in [3.8, 4) is 0 Å². The van der Waals surface area contributed by atoms with E-state index in [1.54, 1.807) is 19.1 Å². The fourth-order valence-electron chi connectivity index (χ4n) is 1.95. The number of benzene rings is 1. The summed E-state index contributed by atoms with van der Waals surface area (Å²) in [7, 11) is -4.34. The van der Waals surface area contributed by atoms with Gasteiger partial charge < -0.3 is 4.90 Å². The Hall–Kier alpha value is -0.920. The Morgan fingerprint density at radius 1 is 1.44 bits per heavy atom. The number of carbonyl (C=O) groups excluding carboxylic acids is 1. The monoisotopic (exact) mass is 333 g/mol. The number of nitrogens with zero attached hydrogens (tertiary/aromatic N) is 1. The number of halogens is 1. The highest BCUT2D eigenvalue weighted by atomic mass is 79.9. The Balaban J connectivity index is 2.55. The molecule has 1 N–H and O–H groups in total. The van der Waals surface area contributed by atoms with E-state index in [1.165, 1.54) is 11.0 Å². The Morgan fingerprint density at radius 2 is 2.11 bits per heavy atom. The molecule has 1 aromatic rings. The highest BCUT2D eigenvalue weighted by Crippen LogP contribution is 2.31. The lowest BCUT2D eigenvalue weighted by Gasteiger charge is -2.19. The van der Waals surface area contributed by atoms with Crippen LogP contribution in [0.1, 0.15) is 12.0 Å². The summed E-state index contributed by atoms with van der Waals surface area (Å²) < 4.78 is 31.9. The molecule has 1 atom stereocenters. The Kier molecular flexibility index (Phi) is 3.48. The second-order valence-corrected chi connectivity index (χ2v) is 6.94. The molecule has 7 heteroatoms. The van der Waals surface area contributed by atoms with Gasteiger partial charge in [-0.15, -0.1) is 0 Å². The first-order valence-corrected chi connectivity index (χ1v) is 7.67. The van der Waals surface area contributed by atoms with Crippen LogP contribution in [-0.4, -0.2) is 30.2 Å². The van der Waals surface area contributed by atoms with Gasteiger partial charge in [-0.05, 0) is 24.6 Å². The van der Waals surface area contributed by atoms with Gasteiger partial charge >= 0.3 is 0 Å². The lowest BCUT2D eigenvalue weighted by atomic mass is 10.2. The van der Waals surface area contributed by atoms with E-state index in [0.717, 1.165) is 0 Å². The van der Waals surface area contributed by atoms with Crippen molar-refractivity contribution in [2.45, 2.75) is 23.1 Å². The van der Waals surface area contributed by atoms with Crippen LogP contribution in [0.4, 0.5) is 5.69 Å². The lowest BCUT2D eigenvalue weighted by Crippen LogP contribution is -2.26. The average molecular weight is 334 g/mol. The molecule has 18 heavy (non-hydrogen) atoms. The predicted octanol–water partition coefficient (Wildman–Crippen LogP) is 1.74. The van der Waals surface area contributed by atoms with Crippen LogP contribution in [0.2, 0.25) is 0 Å². The zero-order valence-corrected chi connectivity index (χ0v) is 12.0. The minimum atomic E-state index is -4.34. The molecule has 1 fully saturated rings. The molecule has 1 unspecified atom stereocenters. The number of hydrogen-bond donors (Lipinski definition) is 1. The van der Waals surface area contributed by atoms with E-state index in [4.69, 9.17) is 0 Å². The molecule has 1 aliphatic heterocycles. The predicted molar refractivity (Wildman–Crippen MR) is 70.7 cm³/mol. The van der Waals surface area contributed by atoms with Gasteiger partial charge in [0, 0.05) is 17.8 Å². The maximum atomic E-state index is 11.8. The van der Waals surface area contributed by atoms with Crippen LogP contribution in [0.5, 0.6) is 0 Å². The van der Waals surface area contributed by atoms with E-state index in [2.05, 4.69) is 15.9 Å². The van der Waals surface area contributed by atoms with E-state index in [-0.39, 0.29) is 21.3 Å². The lowest BCUT2D eigenvalue weighted by molar-refractivity contribution is -0.117. The number of carbonyl (C=O) groups is 1. The van der Waals surface area contributed by atoms with E-state index in [0.29, 0.717) is 18.5 Å². The summed E-state index contributed by atoms with van der Waals surface area (Å²) in [5, 5.41) is 0. The van der Waals surface area contributed by atoms with Crippen molar-refractivity contribution in [3.05, 3.63) is 23.8 Å². The van der Waals surface area contributed by atoms with Gasteiger partial charge in [0.2, 0.25) is 5.91 Å². The third-order valence-electron chi connectivity index (χ3n) is 2.76. The van der Waals surface area contributed by atoms with Crippen molar-refractivity contribution >= 4 is 37.6 Å². The van der Waals surface area contributed by atoms with Gasteiger partial charge in [0.05, 0.1) is 5.69 Å². The zero-order valence-electron chi connectivity index (χ0n) is 9.63. The second-order valence-electron chi connectivity index (χ2n) is 4.25. The average Bonchev–Trinajstić information content (AvgIpc) is 2.56. The van der Waals surface area contributed by atoms with Gasteiger partial charge in [0.15, 0.2) is 0 Å². The zero-order chi connectivity index (χ0) is 13.5. The van der Waals surface area contributed by atoms with Crippen LogP contribution in [0.25, 0.3) is 0 Å². The summed E-state index contributed by atoms with van der Waals surface area (Å²) in [5.74, 6) is -0.161. The van der Waals surface area contributed by atoms with E-state index in [1.807, 2.05) is 0 Å². The molecule has 1 heterocycles. The molecule has 0 aromatic heterocycles. The van der Waals surface area contributed by atoms with Crippen molar-refractivity contribution in [1.29, 1.82) is 0 Å². The van der Waals surface area contributed by atoms with Crippen molar-refractivity contribution in [3.63, 3.8) is 0 Å². The molecule has 0 aliphatic carbocycles. The summed E-state index contributed by atoms with van der Waals surface area (Å²) in [6.07, 6.45) is 0.318. The highest BCUT2D eigenvalue weighted by molar-refractivity contribution is 9.09. The molecule has 0 bridgehead atoms. The topological polar surface area (TPSA) is 74.7 Å². The fraction of sp³-hybridized carbons (Fsp3) is 0.364. The Morgan fingerprint density at radius 3 is 2.61 bits per heavy atom. The van der Waals surface area contributed by atoms with E-state index < -0.39 is 10.1 Å². The molecule has 1 amide bonds. The minimum Gasteiger partial charge on any atom is -0.310 e. The molecule has 1 saturated heterocycles. The Bertz CT molecular complexity index is 599. The number of hydrogen-bond acceptors (Lipinski definition) is 3. The fourth-order valence-corrected chi connectivity index (χ4v) is 3.29. The van der Waals surface area contributed by atoms with Crippen LogP contribution < -0.4 is 4.90 Å². The maximum Gasteiger partial charge on any atom is 0.296 e. The molecule has 0 spiro atoms. The molecular weight excluding hydrogens is 322 g/mol. The molecule has 1 aromatic carbocycles. The summed E-state index contributed by atoms with van der Waals surface area (Å²) in [6, 6.07) is 4.61. The highest BCUT2D eigenvalue weighted by Gasteiger charge is 2.32. The van der Waals surface area contributed by atoms with E-state index in [9.17, 15) is 17.8 Å². The third kappa shape index (κ3) is 2.57. The van der Waals surface area contributed by atoms with Crippen LogP contribution in [0, 0.1) is 6.92 Å². The van der Waals surface area contributed by atoms with E-state index >= 15 is 0 Å². The summed E-state index contributed by atoms with van der Waals surface area (Å²) in [6.45, 7) is 2.11. The van der Waals surface area contributed by atoms with Gasteiger partial charge in [-0.25, -0.2) is 0 Å². The largest absolute Gasteiger partial charge is 0.310 e. The first-order chi connectivity index (χ1) is 8.29. The van der Waals surface area contributed by atoms with Gasteiger partial charge in [0.1, 0.15) is 4.90 Å². The minimum absolute atomic E-state index is 0.000509. The van der Waals surface area contributed by atoms with Gasteiger partial charge in [0.25, 0.3) is 10.1 Å². The van der Waals surface area contributed by atoms with Gasteiger partial charge in [-0.3, -0.25) is 9.35 Å². The quantitative estimate of drug-likeness (QED) is 0.660. The number of anilines is 1. The SMILES string of the molecule is Cc1ccc(N2CC(Br)CC2=O)c(S(=O)(=O)O)c1. The maximum absolute atomic E-state index is 11.8. The van der Waals surface area contributed by atoms with Crippen LogP contribution in [0.3, 0.4) is 0 Å². The van der Waals surface area contributed by atoms with Crippen LogP contribution in [-0.2, 0) is 14.9 Å². The smallest absolute Gasteiger partial charge is 0.296 e. The summed E-state index contributed by atoms with van der Waals surface area (Å²) in [4.78, 5) is 12.9. The first-order valence-electron chi connectivity index (χ1n) is 5.31. The molecule has 1 aliphatic rings. The summed E-state index contributed by atoms with van der Waals surface area (Å²) >= 11 is 3.33. The normalized spacial score (nSPS) is 20.5. The van der Waals surface area contributed by atoms with Crippen molar-refractivity contribution in [2.24, 2.45) is 0 Å². The standard InChI is InChI=1S/C11H12BrNO4S/c1-7-2-3-9(10(4-7)18(15,16)17)13-6-8(12)5-11(13)14/h2-4,8H,5-6H2,1H3,(H,15,16,17). The number of aryl methyl sites for hydroxylation is 1. The molecular formula is C11H12BrNO4S. The van der Waals surface area contributed by atoms with Crippen LogP contribution in [0.15, 0.2) is 23.1 Å². The number of rotatable bonds is 2. The van der Waals surface area contributed by atoms with Gasteiger partial charge in [-0.1, -0.05) is 22.0 Å². The first kappa shape index (κ1) is 13.5. The molecule has 0 radical (unpaired) electrons. The van der Waals surface area contributed by atoms with Crippen LogP contribution >= 0.6 is 15.9 Å². The van der Waals surface area contributed by atoms with Crippen molar-refractivity contribution in [1.82, 2.24) is 0 Å². The summed E-state index contributed by atoms with van der Waals surface area (Å²) in [5.41, 5.74) is 0.934. The number of amides is 1. The van der Waals surface area contributed by atoms with Crippen molar-refractivity contribution in [2.75, 3.05) is 11.4 Å². The molecule has 2 rings (SSSR count). The van der Waals surface area contributed by atoms with Crippen molar-refractivity contribution < 1.29 is 17.8 Å². The third-order valence-corrected chi connectivity index (χ3v) is 4.26. The van der Waals surface area contributed by atoms with Gasteiger partial charge in [-0.2, -0.15) is 8.42 Å². The molecule has 98 valence electrons.